The van der Waals surface area contributed by atoms with Gasteiger partial charge in [0, 0.05) is 10.0 Å². The Morgan fingerprint density at radius 3 is 2.03 bits per heavy atom. The van der Waals surface area contributed by atoms with E-state index in [9.17, 15) is 19.0 Å². The van der Waals surface area contributed by atoms with Crippen molar-refractivity contribution in [2.24, 2.45) is 0 Å². The van der Waals surface area contributed by atoms with Crippen LogP contribution in [0.15, 0.2) is 54.1 Å². The fraction of sp³-hybridized carbons (Fsp3) is 0.462. The second-order valence-corrected chi connectivity index (χ2v) is 9.64. The Hall–Kier alpha value is -1.46. The van der Waals surface area contributed by atoms with Gasteiger partial charge in [0.15, 0.2) is 0 Å². The van der Waals surface area contributed by atoms with E-state index in [0.29, 0.717) is 36.3 Å². The van der Waals surface area contributed by atoms with Gasteiger partial charge in [0.05, 0.1) is 5.60 Å². The average Bonchev–Trinajstić information content (AvgIpc) is 2.77. The quantitative estimate of drug-likeness (QED) is 0.471. The van der Waals surface area contributed by atoms with Crippen molar-refractivity contribution in [3.05, 3.63) is 75.3 Å². The molecule has 1 atom stereocenters. The van der Waals surface area contributed by atoms with Crippen LogP contribution in [0.5, 0.6) is 0 Å². The summed E-state index contributed by atoms with van der Waals surface area (Å²) >= 11 is 11.7. The van der Waals surface area contributed by atoms with Crippen LogP contribution < -0.4 is 0 Å². The molecule has 2 aromatic rings. The molecule has 2 aliphatic carbocycles. The zero-order chi connectivity index (χ0) is 23.1. The minimum absolute atomic E-state index is 0.280. The van der Waals surface area contributed by atoms with Crippen LogP contribution in [0.25, 0.3) is 6.08 Å². The fourth-order valence-corrected chi connectivity index (χ4v) is 4.67. The standard InChI is InChI=1S/C13H16ClFO2.C13H14ClF/c14-10-3-1-2-9(8-10)12(16)13(17)6-4-11(15)5-7-13;14-12-3-1-2-11(9-12)8-10-4-6-13(15)7-5-10/h1-3,8,11-12,16-17H,4-7H2;1-3,8-9,13H,4-7H2/t11?,12-,13?;/m0./s1. The number of allylic oxidation sites excluding steroid dienone is 1. The van der Waals surface area contributed by atoms with Gasteiger partial charge < -0.3 is 10.2 Å². The number of rotatable bonds is 3. The maximum absolute atomic E-state index is 13.0. The first-order valence-electron chi connectivity index (χ1n) is 11.1. The van der Waals surface area contributed by atoms with E-state index in [2.05, 4.69) is 6.08 Å². The minimum Gasteiger partial charge on any atom is -0.387 e. The van der Waals surface area contributed by atoms with Crippen molar-refractivity contribution in [3.8, 4) is 0 Å². The second-order valence-electron chi connectivity index (χ2n) is 8.77. The minimum atomic E-state index is -1.23. The van der Waals surface area contributed by atoms with Crippen LogP contribution in [-0.2, 0) is 0 Å². The molecule has 0 unspecified atom stereocenters. The molecule has 2 aliphatic rings. The van der Waals surface area contributed by atoms with Crippen molar-refractivity contribution in [3.63, 3.8) is 0 Å². The molecule has 2 nitrogen and oxygen atoms in total. The molecule has 0 spiro atoms. The van der Waals surface area contributed by atoms with E-state index in [0.717, 1.165) is 23.4 Å². The van der Waals surface area contributed by atoms with Gasteiger partial charge in [0.1, 0.15) is 18.4 Å². The predicted molar refractivity (Wildman–Crippen MR) is 128 cm³/mol. The van der Waals surface area contributed by atoms with E-state index in [4.69, 9.17) is 23.2 Å². The van der Waals surface area contributed by atoms with Gasteiger partial charge in [0.2, 0.25) is 0 Å². The summed E-state index contributed by atoms with van der Waals surface area (Å²) in [5.74, 6) is 0. The van der Waals surface area contributed by atoms with E-state index in [1.54, 1.807) is 24.3 Å². The number of hydrogen-bond acceptors (Lipinski definition) is 2. The molecular formula is C26H30Cl2F2O2. The first kappa shape index (κ1) is 25.2. The Morgan fingerprint density at radius 2 is 1.44 bits per heavy atom. The van der Waals surface area contributed by atoms with Crippen LogP contribution in [0.4, 0.5) is 8.78 Å². The molecule has 0 saturated heterocycles. The lowest BCUT2D eigenvalue weighted by Crippen LogP contribution is -2.40. The van der Waals surface area contributed by atoms with Gasteiger partial charge in [-0.1, -0.05) is 59.1 Å². The second kappa shape index (κ2) is 11.6. The van der Waals surface area contributed by atoms with E-state index >= 15 is 0 Å². The molecule has 0 radical (unpaired) electrons. The van der Waals surface area contributed by atoms with Crippen molar-refractivity contribution < 1.29 is 19.0 Å². The highest BCUT2D eigenvalue weighted by Crippen LogP contribution is 2.39. The van der Waals surface area contributed by atoms with Gasteiger partial charge in [-0.05, 0) is 86.8 Å². The molecule has 0 aromatic heterocycles. The van der Waals surface area contributed by atoms with Crippen LogP contribution in [0.1, 0.15) is 68.6 Å². The first-order chi connectivity index (χ1) is 15.2. The first-order valence-corrected chi connectivity index (χ1v) is 11.9. The lowest BCUT2D eigenvalue weighted by molar-refractivity contribution is -0.108. The molecule has 0 heterocycles. The molecule has 0 amide bonds. The smallest absolute Gasteiger partial charge is 0.108 e. The molecule has 0 bridgehead atoms. The topological polar surface area (TPSA) is 40.5 Å². The highest BCUT2D eigenvalue weighted by atomic mass is 35.5. The molecule has 32 heavy (non-hydrogen) atoms. The third-order valence-corrected chi connectivity index (χ3v) is 6.70. The third-order valence-electron chi connectivity index (χ3n) is 6.23. The SMILES string of the molecule is FC1CCC(=Cc2cccc(Cl)c2)CC1.O[C@@H](c1cccc(Cl)c1)C1(O)CCC(F)CC1. The summed E-state index contributed by atoms with van der Waals surface area (Å²) in [5, 5.41) is 21.8. The van der Waals surface area contributed by atoms with Gasteiger partial charge in [-0.15, -0.1) is 0 Å². The van der Waals surface area contributed by atoms with Crippen molar-refractivity contribution in [1.29, 1.82) is 0 Å². The number of halogens is 4. The number of hydrogen-bond donors (Lipinski definition) is 2. The maximum atomic E-state index is 13.0. The largest absolute Gasteiger partial charge is 0.387 e. The number of aliphatic hydroxyl groups excluding tert-OH is 1. The zero-order valence-electron chi connectivity index (χ0n) is 18.0. The Morgan fingerprint density at radius 1 is 0.875 bits per heavy atom. The molecule has 6 heteroatoms. The van der Waals surface area contributed by atoms with Gasteiger partial charge in [-0.25, -0.2) is 8.78 Å². The highest BCUT2D eigenvalue weighted by molar-refractivity contribution is 6.30. The Labute approximate surface area is 198 Å². The predicted octanol–water partition coefficient (Wildman–Crippen LogP) is 7.65. The number of alkyl halides is 2. The van der Waals surface area contributed by atoms with E-state index < -0.39 is 24.0 Å². The van der Waals surface area contributed by atoms with Crippen LogP contribution in [0.3, 0.4) is 0 Å². The molecule has 2 aromatic carbocycles. The summed E-state index contributed by atoms with van der Waals surface area (Å²) in [7, 11) is 0. The molecule has 174 valence electrons. The summed E-state index contributed by atoms with van der Waals surface area (Å²) in [5.41, 5.74) is 1.81. The molecule has 2 fully saturated rings. The third kappa shape index (κ3) is 7.28. The average molecular weight is 483 g/mol. The number of benzene rings is 2. The van der Waals surface area contributed by atoms with E-state index in [1.807, 2.05) is 24.3 Å². The Balaban J connectivity index is 0.000000182. The fourth-order valence-electron chi connectivity index (χ4n) is 4.27. The molecule has 2 saturated carbocycles. The van der Waals surface area contributed by atoms with Crippen molar-refractivity contribution >= 4 is 29.3 Å². The molecule has 4 rings (SSSR count). The van der Waals surface area contributed by atoms with Crippen LogP contribution in [0, 0.1) is 0 Å². The van der Waals surface area contributed by atoms with E-state index in [-0.39, 0.29) is 12.8 Å². The molecule has 2 N–H and O–H groups in total. The summed E-state index contributed by atoms with van der Waals surface area (Å²) in [4.78, 5) is 0. The van der Waals surface area contributed by atoms with Crippen molar-refractivity contribution in [2.45, 2.75) is 75.4 Å². The Bertz CT molecular complexity index is 900. The van der Waals surface area contributed by atoms with Crippen LogP contribution in [-0.4, -0.2) is 28.2 Å². The molecular weight excluding hydrogens is 453 g/mol. The van der Waals surface area contributed by atoms with Gasteiger partial charge in [0.25, 0.3) is 0 Å². The van der Waals surface area contributed by atoms with Gasteiger partial charge >= 0.3 is 0 Å². The summed E-state index contributed by atoms with van der Waals surface area (Å²) < 4.78 is 26.0. The monoisotopic (exact) mass is 482 g/mol. The lowest BCUT2D eigenvalue weighted by atomic mass is 9.78. The van der Waals surface area contributed by atoms with Crippen LogP contribution >= 0.6 is 23.2 Å². The summed E-state index contributed by atoms with van der Waals surface area (Å²) in [6, 6.07) is 14.6. The highest BCUT2D eigenvalue weighted by Gasteiger charge is 2.40. The van der Waals surface area contributed by atoms with E-state index in [1.165, 1.54) is 5.57 Å². The lowest BCUT2D eigenvalue weighted by Gasteiger charge is -2.37. The number of aliphatic hydroxyl groups is 2. The van der Waals surface area contributed by atoms with Crippen molar-refractivity contribution in [2.75, 3.05) is 0 Å². The summed E-state index contributed by atoms with van der Waals surface area (Å²) in [6.07, 6.45) is 3.95. The molecule has 0 aliphatic heterocycles. The van der Waals surface area contributed by atoms with Gasteiger partial charge in [-0.3, -0.25) is 0 Å². The van der Waals surface area contributed by atoms with Crippen LogP contribution in [0.2, 0.25) is 10.0 Å². The maximum Gasteiger partial charge on any atom is 0.108 e. The zero-order valence-corrected chi connectivity index (χ0v) is 19.5. The summed E-state index contributed by atoms with van der Waals surface area (Å²) in [6.45, 7) is 0. The Kier molecular flexibility index (Phi) is 9.13. The normalized spacial score (nSPS) is 26.6. The van der Waals surface area contributed by atoms with Gasteiger partial charge in [-0.2, -0.15) is 0 Å². The van der Waals surface area contributed by atoms with Crippen molar-refractivity contribution in [1.82, 2.24) is 0 Å².